The molecule has 0 aliphatic heterocycles. The minimum atomic E-state index is -0.799. The third kappa shape index (κ3) is 14.3. The van der Waals surface area contributed by atoms with E-state index in [9.17, 15) is 9.90 Å². The third-order valence-electron chi connectivity index (χ3n) is 13.8. The van der Waals surface area contributed by atoms with Gasteiger partial charge < -0.3 is 28.8 Å². The molecule has 0 saturated carbocycles. The van der Waals surface area contributed by atoms with E-state index < -0.39 is 12.0 Å². The van der Waals surface area contributed by atoms with Crippen LogP contribution in [0, 0.1) is 0 Å². The van der Waals surface area contributed by atoms with E-state index in [1.807, 2.05) is 72.8 Å². The first-order valence-corrected chi connectivity index (χ1v) is 27.1. The van der Waals surface area contributed by atoms with Crippen LogP contribution in [0.4, 0.5) is 0 Å². The summed E-state index contributed by atoms with van der Waals surface area (Å²) in [4.78, 5) is 14.0. The van der Waals surface area contributed by atoms with Gasteiger partial charge in [0.05, 0.1) is 19.8 Å². The minimum absolute atomic E-state index is 0.0100. The van der Waals surface area contributed by atoms with Gasteiger partial charge in [-0.15, -0.1) is 0 Å². The molecule has 394 valence electrons. The molecular formula is C66H83NO7. The fraction of sp³-hybridized carbons (Fsp3) is 0.439. The van der Waals surface area contributed by atoms with Gasteiger partial charge in [0, 0.05) is 43.4 Å². The Balaban J connectivity index is 1.45. The van der Waals surface area contributed by atoms with Gasteiger partial charge in [0.15, 0.2) is 0 Å². The molecule has 2 N–H and O–H groups in total. The summed E-state index contributed by atoms with van der Waals surface area (Å²) in [5, 5.41) is 16.2. The fourth-order valence-corrected chi connectivity index (χ4v) is 9.48. The van der Waals surface area contributed by atoms with Crippen LogP contribution in [0.15, 0.2) is 109 Å². The van der Waals surface area contributed by atoms with E-state index >= 15 is 0 Å². The van der Waals surface area contributed by atoms with E-state index in [2.05, 4.69) is 125 Å². The Morgan fingerprint density at radius 3 is 1.20 bits per heavy atom. The molecule has 8 nitrogen and oxygen atoms in total. The number of phenolic OH excluding ortho intramolecular Hbond substituents is 1. The molecule has 0 unspecified atom stereocenters. The van der Waals surface area contributed by atoms with E-state index in [1.54, 1.807) is 0 Å². The van der Waals surface area contributed by atoms with Crippen molar-refractivity contribution in [1.82, 2.24) is 5.32 Å². The number of hydrogen-bond donors (Lipinski definition) is 2. The fourth-order valence-electron chi connectivity index (χ4n) is 9.48. The van der Waals surface area contributed by atoms with Gasteiger partial charge >= 0.3 is 5.97 Å². The molecule has 0 fully saturated rings. The summed E-state index contributed by atoms with van der Waals surface area (Å²) in [7, 11) is 0. The van der Waals surface area contributed by atoms with Crippen LogP contribution >= 0.6 is 0 Å². The zero-order valence-corrected chi connectivity index (χ0v) is 46.6. The molecule has 1 aliphatic carbocycles. The van der Waals surface area contributed by atoms with Crippen LogP contribution in [0.1, 0.15) is 175 Å². The van der Waals surface area contributed by atoms with Crippen LogP contribution in [0.25, 0.3) is 0 Å². The van der Waals surface area contributed by atoms with Crippen molar-refractivity contribution in [2.24, 2.45) is 0 Å². The number of carbonyl (C=O) groups excluding carboxylic acids is 1. The number of ether oxygens (including phenoxy) is 5. The van der Waals surface area contributed by atoms with E-state index in [4.69, 9.17) is 23.7 Å². The second kappa shape index (κ2) is 24.4. The molecule has 0 saturated heterocycles. The molecule has 6 aromatic rings. The zero-order chi connectivity index (χ0) is 53.2. The predicted molar refractivity (Wildman–Crippen MR) is 301 cm³/mol. The molecule has 1 atom stereocenters. The Morgan fingerprint density at radius 1 is 0.500 bits per heavy atom. The van der Waals surface area contributed by atoms with Crippen molar-refractivity contribution in [3.8, 4) is 28.7 Å². The number of fused-ring (bicyclic) bond motifs is 8. The second-order valence-corrected chi connectivity index (χ2v) is 23.3. The first-order valence-electron chi connectivity index (χ1n) is 27.1. The summed E-state index contributed by atoms with van der Waals surface area (Å²) in [5.41, 5.74) is 12.7. The average molecular weight is 1000 g/mol. The van der Waals surface area contributed by atoms with Gasteiger partial charge in [-0.1, -0.05) is 180 Å². The third-order valence-corrected chi connectivity index (χ3v) is 13.8. The van der Waals surface area contributed by atoms with Crippen molar-refractivity contribution in [2.45, 2.75) is 163 Å². The Labute approximate surface area is 443 Å². The molecule has 8 heteroatoms. The molecule has 7 rings (SSSR count). The predicted octanol–water partition coefficient (Wildman–Crippen LogP) is 14.6. The molecule has 0 amide bonds. The lowest BCUT2D eigenvalue weighted by molar-refractivity contribution is -0.148. The Hall–Kier alpha value is -6.25. The van der Waals surface area contributed by atoms with E-state index in [0.717, 1.165) is 81.0 Å². The van der Waals surface area contributed by atoms with Crippen LogP contribution in [0.3, 0.4) is 0 Å². The maximum atomic E-state index is 14.0. The van der Waals surface area contributed by atoms with Crippen molar-refractivity contribution < 1.29 is 33.6 Å². The van der Waals surface area contributed by atoms with Crippen LogP contribution in [-0.4, -0.2) is 43.5 Å². The van der Waals surface area contributed by atoms with E-state index in [1.165, 1.54) is 16.7 Å². The van der Waals surface area contributed by atoms with Gasteiger partial charge in [-0.3, -0.25) is 10.1 Å². The Kier molecular flexibility index (Phi) is 18.3. The molecule has 0 radical (unpaired) electrons. The van der Waals surface area contributed by atoms with E-state index in [0.29, 0.717) is 68.9 Å². The minimum Gasteiger partial charge on any atom is -0.507 e. The van der Waals surface area contributed by atoms with Gasteiger partial charge in [0.25, 0.3) is 0 Å². The number of phenols is 1. The lowest BCUT2D eigenvalue weighted by atomic mass is 9.80. The number of nitrogens with one attached hydrogen (secondary N) is 1. The first kappa shape index (κ1) is 55.5. The number of hydrogen-bond acceptors (Lipinski definition) is 8. The number of aromatic hydroxyl groups is 1. The summed E-state index contributed by atoms with van der Waals surface area (Å²) in [6.45, 7) is 29.0. The maximum absolute atomic E-state index is 14.0. The molecule has 0 spiro atoms. The molecular weight excluding hydrogens is 919 g/mol. The maximum Gasteiger partial charge on any atom is 0.327 e. The highest BCUT2D eigenvalue weighted by molar-refractivity contribution is 5.76. The zero-order valence-electron chi connectivity index (χ0n) is 46.6. The second-order valence-electron chi connectivity index (χ2n) is 23.3. The lowest BCUT2D eigenvalue weighted by Gasteiger charge is -2.28. The largest absolute Gasteiger partial charge is 0.507 e. The Bertz CT molecular complexity index is 2710. The summed E-state index contributed by atoms with van der Waals surface area (Å²) < 4.78 is 33.4. The number of esters is 1. The van der Waals surface area contributed by atoms with Gasteiger partial charge in [-0.25, -0.2) is 0 Å². The first-order chi connectivity index (χ1) is 35.2. The molecule has 74 heavy (non-hydrogen) atoms. The summed E-state index contributed by atoms with van der Waals surface area (Å²) in [6.07, 6.45) is 4.42. The highest BCUT2D eigenvalue weighted by atomic mass is 16.5. The van der Waals surface area contributed by atoms with E-state index in [-0.39, 0.29) is 35.2 Å². The van der Waals surface area contributed by atoms with Crippen molar-refractivity contribution in [2.75, 3.05) is 26.4 Å². The highest BCUT2D eigenvalue weighted by Crippen LogP contribution is 2.44. The highest BCUT2D eigenvalue weighted by Gasteiger charge is 2.29. The standard InChI is InChI=1S/C66H83NO7/c1-13-26-70-60-48-29-46-39-57(73-43-58(67-41-44-22-18-16-19-23-44)63(69)74-42-45-24-20-17-21-25-45)40-47(59(46)68)30-49-34-55(65(7,8)9)36-51(61(49)71-27-14-2)32-53-38-56(66(10,11)12)37-52(62(53)72-28-15-3)31-50(60)35-54(33-48)64(4,5)6/h16-25,33-40,58,67-68H,13-15,26-32,41-43H2,1-12H3/t58-/m0/s1. The summed E-state index contributed by atoms with van der Waals surface area (Å²) >= 11 is 0. The van der Waals surface area contributed by atoms with Crippen LogP contribution < -0.4 is 24.3 Å². The number of benzene rings is 6. The van der Waals surface area contributed by atoms with Crippen LogP contribution in [-0.2, 0) is 64.6 Å². The SMILES string of the molecule is CCCOc1c2cc(C(C)(C)C)cc1Cc1cc(C(C)(C)C)cc(c1OCCC)Cc1cc(C(C)(C)C)cc(c1OCCC)Cc1cc(OC[C@H](NCc3ccccc3)C(=O)OCc3ccccc3)cc(c1O)C2. The van der Waals surface area contributed by atoms with Gasteiger partial charge in [-0.05, 0) is 109 Å². The molecule has 1 aliphatic rings. The Morgan fingerprint density at radius 2 is 0.851 bits per heavy atom. The monoisotopic (exact) mass is 1000 g/mol. The molecule has 6 aromatic carbocycles. The van der Waals surface area contributed by atoms with Crippen LogP contribution in [0.5, 0.6) is 28.7 Å². The quantitative estimate of drug-likeness (QED) is 0.0821. The van der Waals surface area contributed by atoms with Crippen LogP contribution in [0.2, 0.25) is 0 Å². The lowest BCUT2D eigenvalue weighted by Crippen LogP contribution is -2.42. The summed E-state index contributed by atoms with van der Waals surface area (Å²) in [5.74, 6) is 2.88. The average Bonchev–Trinajstić information content (AvgIpc) is 3.35. The van der Waals surface area contributed by atoms with Gasteiger partial charge in [0.1, 0.15) is 48.0 Å². The smallest absolute Gasteiger partial charge is 0.327 e. The number of carbonyl (C=O) groups is 1. The molecule has 8 bridgehead atoms. The normalized spacial score (nSPS) is 13.2. The number of rotatable bonds is 18. The van der Waals surface area contributed by atoms with Gasteiger partial charge in [0.2, 0.25) is 0 Å². The summed E-state index contributed by atoms with van der Waals surface area (Å²) in [6, 6.07) is 36.6. The topological polar surface area (TPSA) is 95.5 Å². The van der Waals surface area contributed by atoms with Crippen molar-refractivity contribution in [1.29, 1.82) is 0 Å². The molecule has 0 aromatic heterocycles. The molecule has 0 heterocycles. The van der Waals surface area contributed by atoms with Crippen molar-refractivity contribution in [3.63, 3.8) is 0 Å². The van der Waals surface area contributed by atoms with Gasteiger partial charge in [-0.2, -0.15) is 0 Å². The van der Waals surface area contributed by atoms with Crippen molar-refractivity contribution in [3.05, 3.63) is 182 Å². The van der Waals surface area contributed by atoms with Crippen molar-refractivity contribution >= 4 is 5.97 Å².